The summed E-state index contributed by atoms with van der Waals surface area (Å²) in [5.41, 5.74) is 0.565. The molecule has 3 aliphatic carbocycles. The molecule has 4 aliphatic rings. The Kier molecular flexibility index (Phi) is 4.02. The van der Waals surface area contributed by atoms with Crippen LogP contribution in [-0.4, -0.2) is 25.7 Å². The van der Waals surface area contributed by atoms with E-state index in [0.717, 1.165) is 46.7 Å². The van der Waals surface area contributed by atoms with Gasteiger partial charge in [-0.25, -0.2) is 0 Å². The topological polar surface area (TPSA) is 24.1 Å². The Labute approximate surface area is 138 Å². The van der Waals surface area contributed by atoms with Crippen LogP contribution >= 0.6 is 23.2 Å². The van der Waals surface area contributed by atoms with E-state index in [1.165, 1.54) is 51.7 Å². The van der Waals surface area contributed by atoms with Crippen LogP contribution in [0.4, 0.5) is 0 Å². The minimum absolute atomic E-state index is 0.565. The van der Waals surface area contributed by atoms with Gasteiger partial charge in [0.2, 0.25) is 0 Å². The summed E-state index contributed by atoms with van der Waals surface area (Å²) in [4.78, 5) is 0. The lowest BCUT2D eigenvalue weighted by atomic mass is 9.79. The van der Waals surface area contributed by atoms with E-state index in [4.69, 9.17) is 23.2 Å². The monoisotopic (exact) mass is 328 g/mol. The number of fused-ring (bicyclic) bond motifs is 2. The highest BCUT2D eigenvalue weighted by Crippen LogP contribution is 2.67. The zero-order chi connectivity index (χ0) is 14.4. The van der Waals surface area contributed by atoms with Crippen LogP contribution in [0.3, 0.4) is 0 Å². The summed E-state index contributed by atoms with van der Waals surface area (Å²) >= 11 is 12.6. The molecular formula is C17H26Cl2N2. The van der Waals surface area contributed by atoms with Gasteiger partial charge in [-0.05, 0) is 87.7 Å². The fraction of sp³-hybridized carbons (Fsp3) is 0.882. The maximum absolute atomic E-state index is 6.36. The van der Waals surface area contributed by atoms with Crippen molar-refractivity contribution in [3.8, 4) is 0 Å². The van der Waals surface area contributed by atoms with Crippen LogP contribution in [0.2, 0.25) is 0 Å². The molecule has 1 heterocycles. The van der Waals surface area contributed by atoms with Crippen molar-refractivity contribution in [2.45, 2.75) is 51.0 Å². The van der Waals surface area contributed by atoms with Crippen molar-refractivity contribution in [3.63, 3.8) is 0 Å². The van der Waals surface area contributed by atoms with Crippen molar-refractivity contribution in [1.82, 2.24) is 10.6 Å². The number of allylic oxidation sites excluding steroid dienone is 2. The lowest BCUT2D eigenvalue weighted by molar-refractivity contribution is 0.260. The first-order valence-corrected chi connectivity index (χ1v) is 9.42. The zero-order valence-electron chi connectivity index (χ0n) is 12.6. The minimum atomic E-state index is 0.565. The average molecular weight is 329 g/mol. The maximum atomic E-state index is 6.36. The summed E-state index contributed by atoms with van der Waals surface area (Å²) in [6, 6.07) is 0.753. The van der Waals surface area contributed by atoms with Gasteiger partial charge in [0.15, 0.2) is 0 Å². The number of hydrogen-bond donors (Lipinski definition) is 2. The van der Waals surface area contributed by atoms with Crippen molar-refractivity contribution < 1.29 is 0 Å². The third kappa shape index (κ3) is 2.67. The van der Waals surface area contributed by atoms with Crippen LogP contribution in [0.5, 0.6) is 0 Å². The predicted molar refractivity (Wildman–Crippen MR) is 88.6 cm³/mol. The summed E-state index contributed by atoms with van der Waals surface area (Å²) < 4.78 is 0. The second-order valence-corrected chi connectivity index (χ2v) is 8.63. The second-order valence-electron chi connectivity index (χ2n) is 7.71. The molecule has 0 aromatic rings. The zero-order valence-corrected chi connectivity index (χ0v) is 14.1. The van der Waals surface area contributed by atoms with Crippen LogP contribution in [0, 0.1) is 23.2 Å². The van der Waals surface area contributed by atoms with E-state index in [0.29, 0.717) is 5.41 Å². The molecule has 2 saturated carbocycles. The summed E-state index contributed by atoms with van der Waals surface area (Å²) in [6.45, 7) is 3.62. The Balaban J connectivity index is 1.35. The van der Waals surface area contributed by atoms with Crippen molar-refractivity contribution in [2.75, 3.05) is 19.6 Å². The summed E-state index contributed by atoms with van der Waals surface area (Å²) in [5, 5.41) is 9.24. The molecule has 4 heteroatoms. The highest BCUT2D eigenvalue weighted by atomic mass is 35.5. The van der Waals surface area contributed by atoms with E-state index in [1.54, 1.807) is 0 Å². The van der Waals surface area contributed by atoms with Crippen LogP contribution in [-0.2, 0) is 0 Å². The van der Waals surface area contributed by atoms with Gasteiger partial charge in [0, 0.05) is 16.1 Å². The quantitative estimate of drug-likeness (QED) is 0.822. The molecule has 21 heavy (non-hydrogen) atoms. The predicted octanol–water partition coefficient (Wildman–Crippen LogP) is 3.84. The summed E-state index contributed by atoms with van der Waals surface area (Å²) in [6.07, 6.45) is 8.87. The van der Waals surface area contributed by atoms with Crippen LogP contribution < -0.4 is 10.6 Å². The Bertz CT molecular complexity index is 444. The van der Waals surface area contributed by atoms with E-state index in [9.17, 15) is 0 Å². The SMILES string of the molecule is ClC1=C(Cl)CC2C(CCC23CC3NCC2CCNCC2)C1. The highest BCUT2D eigenvalue weighted by Gasteiger charge is 2.63. The number of hydrogen-bond acceptors (Lipinski definition) is 2. The van der Waals surface area contributed by atoms with Gasteiger partial charge in [0.1, 0.15) is 0 Å². The molecule has 2 N–H and O–H groups in total. The van der Waals surface area contributed by atoms with Gasteiger partial charge in [0.25, 0.3) is 0 Å². The molecular weight excluding hydrogens is 303 g/mol. The van der Waals surface area contributed by atoms with Gasteiger partial charge >= 0.3 is 0 Å². The van der Waals surface area contributed by atoms with E-state index in [1.807, 2.05) is 0 Å². The first-order chi connectivity index (χ1) is 10.2. The average Bonchev–Trinajstić information content (AvgIpc) is 3.11. The molecule has 1 aliphatic heterocycles. The van der Waals surface area contributed by atoms with Crippen LogP contribution in [0.25, 0.3) is 0 Å². The lowest BCUT2D eigenvalue weighted by Crippen LogP contribution is -2.36. The molecule has 0 aromatic heterocycles. The van der Waals surface area contributed by atoms with Crippen LogP contribution in [0.1, 0.15) is 44.9 Å². The minimum Gasteiger partial charge on any atom is -0.317 e. The van der Waals surface area contributed by atoms with E-state index >= 15 is 0 Å². The Morgan fingerprint density at radius 2 is 1.86 bits per heavy atom. The molecule has 0 aromatic carbocycles. The van der Waals surface area contributed by atoms with Crippen molar-refractivity contribution in [1.29, 1.82) is 0 Å². The van der Waals surface area contributed by atoms with Gasteiger partial charge < -0.3 is 10.6 Å². The van der Waals surface area contributed by atoms with Gasteiger partial charge in [0.05, 0.1) is 0 Å². The Morgan fingerprint density at radius 1 is 1.10 bits per heavy atom. The first-order valence-electron chi connectivity index (χ1n) is 8.66. The van der Waals surface area contributed by atoms with Crippen LogP contribution in [0.15, 0.2) is 10.1 Å². The fourth-order valence-electron chi connectivity index (χ4n) is 5.25. The summed E-state index contributed by atoms with van der Waals surface area (Å²) in [5.74, 6) is 2.47. The van der Waals surface area contributed by atoms with E-state index < -0.39 is 0 Å². The molecule has 1 spiro atoms. The van der Waals surface area contributed by atoms with E-state index in [2.05, 4.69) is 10.6 Å². The van der Waals surface area contributed by atoms with Crippen molar-refractivity contribution >= 4 is 23.2 Å². The molecule has 4 atom stereocenters. The molecule has 0 bridgehead atoms. The molecule has 118 valence electrons. The Morgan fingerprint density at radius 3 is 2.67 bits per heavy atom. The normalized spacial score (nSPS) is 43.4. The van der Waals surface area contributed by atoms with Gasteiger partial charge in [-0.2, -0.15) is 0 Å². The molecule has 1 saturated heterocycles. The molecule has 2 nitrogen and oxygen atoms in total. The number of piperidine rings is 1. The maximum Gasteiger partial charge on any atom is 0.0329 e. The van der Waals surface area contributed by atoms with Crippen molar-refractivity contribution in [2.24, 2.45) is 23.2 Å². The Hall–Kier alpha value is 0.240. The third-order valence-electron chi connectivity index (χ3n) is 6.65. The molecule has 4 rings (SSSR count). The number of nitrogens with one attached hydrogen (secondary N) is 2. The van der Waals surface area contributed by atoms with Crippen molar-refractivity contribution in [3.05, 3.63) is 10.1 Å². The molecule has 3 fully saturated rings. The highest BCUT2D eigenvalue weighted by molar-refractivity contribution is 6.39. The lowest BCUT2D eigenvalue weighted by Gasteiger charge is -2.30. The van der Waals surface area contributed by atoms with E-state index in [-0.39, 0.29) is 0 Å². The van der Waals surface area contributed by atoms with Gasteiger partial charge in [-0.3, -0.25) is 0 Å². The molecule has 4 unspecified atom stereocenters. The van der Waals surface area contributed by atoms with Gasteiger partial charge in [-0.1, -0.05) is 23.2 Å². The smallest absolute Gasteiger partial charge is 0.0329 e. The fourth-order valence-corrected chi connectivity index (χ4v) is 5.77. The molecule has 0 radical (unpaired) electrons. The first kappa shape index (κ1) is 14.8. The number of rotatable bonds is 3. The van der Waals surface area contributed by atoms with Gasteiger partial charge in [-0.15, -0.1) is 0 Å². The second kappa shape index (κ2) is 5.70. The molecule has 0 amide bonds. The summed E-state index contributed by atoms with van der Waals surface area (Å²) in [7, 11) is 0. The largest absolute Gasteiger partial charge is 0.317 e. The standard InChI is InChI=1S/C17H26Cl2N2/c18-14-7-12-1-4-17(13(12)8-15(14)19)9-16(17)21-10-11-2-5-20-6-3-11/h11-13,16,20-21H,1-10H2. The number of halogens is 2. The third-order valence-corrected chi connectivity index (χ3v) is 7.51.